The fraction of sp³-hybridized carbons (Fsp3) is 0.900. The Morgan fingerprint density at radius 2 is 2.08 bits per heavy atom. The average molecular weight is 182 g/mol. The SMILES string of the molecule is CC(C)(NCC#N)C1CCOCC1. The lowest BCUT2D eigenvalue weighted by atomic mass is 9.82. The predicted molar refractivity (Wildman–Crippen MR) is 51.2 cm³/mol. The summed E-state index contributed by atoms with van der Waals surface area (Å²) in [5, 5.41) is 11.8. The van der Waals surface area contributed by atoms with E-state index in [0.717, 1.165) is 26.1 Å². The fourth-order valence-electron chi connectivity index (χ4n) is 1.83. The molecule has 1 fully saturated rings. The van der Waals surface area contributed by atoms with Crippen molar-refractivity contribution in [3.05, 3.63) is 0 Å². The maximum Gasteiger partial charge on any atom is 0.0845 e. The number of ether oxygens (including phenoxy) is 1. The highest BCUT2D eigenvalue weighted by Gasteiger charge is 2.29. The van der Waals surface area contributed by atoms with E-state index in [9.17, 15) is 0 Å². The van der Waals surface area contributed by atoms with Crippen molar-refractivity contribution in [2.45, 2.75) is 32.2 Å². The van der Waals surface area contributed by atoms with Crippen LogP contribution in [0.3, 0.4) is 0 Å². The molecule has 74 valence electrons. The van der Waals surface area contributed by atoms with E-state index in [2.05, 4.69) is 25.2 Å². The third-order valence-electron chi connectivity index (χ3n) is 2.86. The summed E-state index contributed by atoms with van der Waals surface area (Å²) >= 11 is 0. The molecule has 0 aliphatic carbocycles. The highest BCUT2D eigenvalue weighted by Crippen LogP contribution is 2.26. The maximum atomic E-state index is 8.49. The average Bonchev–Trinajstić information content (AvgIpc) is 2.16. The van der Waals surface area contributed by atoms with E-state index in [-0.39, 0.29) is 5.54 Å². The van der Waals surface area contributed by atoms with Gasteiger partial charge >= 0.3 is 0 Å². The van der Waals surface area contributed by atoms with Crippen LogP contribution in [0.25, 0.3) is 0 Å². The molecule has 1 aliphatic rings. The number of nitrogens with one attached hydrogen (secondary N) is 1. The zero-order valence-electron chi connectivity index (χ0n) is 8.47. The molecular weight excluding hydrogens is 164 g/mol. The van der Waals surface area contributed by atoms with Gasteiger partial charge in [0.2, 0.25) is 0 Å². The lowest BCUT2D eigenvalue weighted by molar-refractivity contribution is 0.0380. The molecule has 0 aromatic carbocycles. The lowest BCUT2D eigenvalue weighted by Crippen LogP contribution is -2.48. The van der Waals surface area contributed by atoms with E-state index in [4.69, 9.17) is 10.00 Å². The van der Waals surface area contributed by atoms with Crippen molar-refractivity contribution in [2.24, 2.45) is 5.92 Å². The standard InChI is InChI=1S/C10H18N2O/c1-10(2,12-6-5-11)9-3-7-13-8-4-9/h9,12H,3-4,6-8H2,1-2H3. The summed E-state index contributed by atoms with van der Waals surface area (Å²) in [6, 6.07) is 2.12. The number of rotatable bonds is 3. The molecule has 0 bridgehead atoms. The summed E-state index contributed by atoms with van der Waals surface area (Å²) in [6.45, 7) is 6.50. The van der Waals surface area contributed by atoms with Crippen LogP contribution in [0.15, 0.2) is 0 Å². The van der Waals surface area contributed by atoms with Crippen molar-refractivity contribution in [3.63, 3.8) is 0 Å². The Bertz CT molecular complexity index is 190. The zero-order chi connectivity index (χ0) is 9.73. The summed E-state index contributed by atoms with van der Waals surface area (Å²) in [6.07, 6.45) is 2.21. The molecule has 0 aromatic heterocycles. The van der Waals surface area contributed by atoms with Gasteiger partial charge in [-0.15, -0.1) is 0 Å². The summed E-state index contributed by atoms with van der Waals surface area (Å²) in [5.41, 5.74) is 0.0690. The molecule has 3 nitrogen and oxygen atoms in total. The van der Waals surface area contributed by atoms with Crippen molar-refractivity contribution < 1.29 is 4.74 Å². The van der Waals surface area contributed by atoms with Gasteiger partial charge in [-0.2, -0.15) is 5.26 Å². The Balaban J connectivity index is 2.42. The Labute approximate surface area is 80.1 Å². The smallest absolute Gasteiger partial charge is 0.0845 e. The van der Waals surface area contributed by atoms with Crippen molar-refractivity contribution in [1.29, 1.82) is 5.26 Å². The lowest BCUT2D eigenvalue weighted by Gasteiger charge is -2.37. The fourth-order valence-corrected chi connectivity index (χ4v) is 1.83. The molecule has 0 unspecified atom stereocenters. The molecule has 0 aromatic rings. The summed E-state index contributed by atoms with van der Waals surface area (Å²) < 4.78 is 5.31. The molecule has 3 heteroatoms. The maximum absolute atomic E-state index is 8.49. The van der Waals surface area contributed by atoms with Gasteiger partial charge in [0.05, 0.1) is 12.6 Å². The number of nitriles is 1. The summed E-state index contributed by atoms with van der Waals surface area (Å²) in [4.78, 5) is 0. The van der Waals surface area contributed by atoms with Gasteiger partial charge in [0.25, 0.3) is 0 Å². The minimum Gasteiger partial charge on any atom is -0.381 e. The Kier molecular flexibility index (Phi) is 3.71. The van der Waals surface area contributed by atoms with Crippen LogP contribution in [-0.2, 0) is 4.74 Å². The van der Waals surface area contributed by atoms with Gasteiger partial charge in [0.1, 0.15) is 0 Å². The van der Waals surface area contributed by atoms with E-state index in [0.29, 0.717) is 12.5 Å². The van der Waals surface area contributed by atoms with Gasteiger partial charge in [0, 0.05) is 18.8 Å². The summed E-state index contributed by atoms with van der Waals surface area (Å²) in [5.74, 6) is 0.634. The van der Waals surface area contributed by atoms with Crippen molar-refractivity contribution >= 4 is 0 Å². The molecule has 1 N–H and O–H groups in total. The molecule has 0 amide bonds. The molecular formula is C10H18N2O. The second-order valence-electron chi connectivity index (χ2n) is 4.12. The van der Waals surface area contributed by atoms with E-state index in [1.165, 1.54) is 0 Å². The minimum atomic E-state index is 0.0690. The van der Waals surface area contributed by atoms with E-state index >= 15 is 0 Å². The number of nitrogens with zero attached hydrogens (tertiary/aromatic N) is 1. The zero-order valence-corrected chi connectivity index (χ0v) is 8.47. The quantitative estimate of drug-likeness (QED) is 0.669. The Morgan fingerprint density at radius 1 is 1.46 bits per heavy atom. The van der Waals surface area contributed by atoms with Crippen LogP contribution < -0.4 is 5.32 Å². The molecule has 0 radical (unpaired) electrons. The molecule has 1 heterocycles. The van der Waals surface area contributed by atoms with E-state index in [1.807, 2.05) is 0 Å². The predicted octanol–water partition coefficient (Wildman–Crippen LogP) is 1.30. The molecule has 1 rings (SSSR count). The van der Waals surface area contributed by atoms with E-state index in [1.54, 1.807) is 0 Å². The first-order valence-electron chi connectivity index (χ1n) is 4.86. The third kappa shape index (κ3) is 2.98. The van der Waals surface area contributed by atoms with Gasteiger partial charge in [-0.05, 0) is 32.6 Å². The molecule has 1 aliphatic heterocycles. The first-order chi connectivity index (χ1) is 6.17. The van der Waals surface area contributed by atoms with Crippen molar-refractivity contribution in [1.82, 2.24) is 5.32 Å². The van der Waals surface area contributed by atoms with Crippen LogP contribution in [-0.4, -0.2) is 25.3 Å². The van der Waals surface area contributed by atoms with Crippen LogP contribution >= 0.6 is 0 Å². The van der Waals surface area contributed by atoms with Crippen molar-refractivity contribution in [3.8, 4) is 6.07 Å². The highest BCUT2D eigenvalue weighted by molar-refractivity contribution is 4.90. The third-order valence-corrected chi connectivity index (χ3v) is 2.86. The molecule has 1 saturated heterocycles. The Morgan fingerprint density at radius 3 is 2.62 bits per heavy atom. The van der Waals surface area contributed by atoms with Gasteiger partial charge in [-0.25, -0.2) is 0 Å². The van der Waals surface area contributed by atoms with Gasteiger partial charge in [-0.3, -0.25) is 5.32 Å². The van der Waals surface area contributed by atoms with Crippen LogP contribution in [0.1, 0.15) is 26.7 Å². The van der Waals surface area contributed by atoms with Crippen LogP contribution in [0.4, 0.5) is 0 Å². The van der Waals surface area contributed by atoms with Crippen LogP contribution in [0.2, 0.25) is 0 Å². The number of hydrogen-bond donors (Lipinski definition) is 1. The Hall–Kier alpha value is -0.590. The normalized spacial score (nSPS) is 19.8. The molecule has 0 spiro atoms. The second-order valence-corrected chi connectivity index (χ2v) is 4.12. The van der Waals surface area contributed by atoms with Crippen LogP contribution in [0.5, 0.6) is 0 Å². The molecule has 13 heavy (non-hydrogen) atoms. The van der Waals surface area contributed by atoms with Gasteiger partial charge in [-0.1, -0.05) is 0 Å². The van der Waals surface area contributed by atoms with Crippen molar-refractivity contribution in [2.75, 3.05) is 19.8 Å². The topological polar surface area (TPSA) is 45.0 Å². The van der Waals surface area contributed by atoms with E-state index < -0.39 is 0 Å². The first kappa shape index (κ1) is 10.5. The summed E-state index contributed by atoms with van der Waals surface area (Å²) in [7, 11) is 0. The number of hydrogen-bond acceptors (Lipinski definition) is 3. The monoisotopic (exact) mass is 182 g/mol. The molecule has 0 saturated carbocycles. The van der Waals surface area contributed by atoms with Crippen LogP contribution in [0, 0.1) is 17.2 Å². The highest BCUT2D eigenvalue weighted by atomic mass is 16.5. The first-order valence-corrected chi connectivity index (χ1v) is 4.86. The largest absolute Gasteiger partial charge is 0.381 e. The van der Waals surface area contributed by atoms with Gasteiger partial charge < -0.3 is 4.74 Å². The minimum absolute atomic E-state index is 0.0690. The second kappa shape index (κ2) is 4.59. The van der Waals surface area contributed by atoms with Gasteiger partial charge in [0.15, 0.2) is 0 Å². The molecule has 0 atom stereocenters.